The maximum atomic E-state index is 2.32. The zero-order chi connectivity index (χ0) is 16.0. The summed E-state index contributed by atoms with van der Waals surface area (Å²) in [5, 5.41) is 2.81. The lowest BCUT2D eigenvalue weighted by molar-refractivity contribution is 0.904. The fraction of sp³-hybridized carbons (Fsp3) is 0.217. The van der Waals surface area contributed by atoms with Crippen LogP contribution in [0, 0.1) is 12.8 Å². The van der Waals surface area contributed by atoms with Crippen molar-refractivity contribution in [3.05, 3.63) is 89.1 Å². The summed E-state index contributed by atoms with van der Waals surface area (Å²) < 4.78 is 0. The lowest BCUT2D eigenvalue weighted by Crippen LogP contribution is -2.07. The van der Waals surface area contributed by atoms with Gasteiger partial charge in [0.2, 0.25) is 0 Å². The van der Waals surface area contributed by atoms with Gasteiger partial charge in [0.15, 0.2) is 0 Å². The van der Waals surface area contributed by atoms with Crippen molar-refractivity contribution >= 4 is 16.3 Å². The third-order valence-corrected chi connectivity index (χ3v) is 5.31. The van der Waals surface area contributed by atoms with E-state index in [9.17, 15) is 0 Å². The van der Waals surface area contributed by atoms with E-state index in [2.05, 4.69) is 87.6 Å². The molecule has 0 aliphatic heterocycles. The van der Waals surface area contributed by atoms with Crippen LogP contribution in [0.4, 0.5) is 0 Å². The fourth-order valence-electron chi connectivity index (χ4n) is 3.89. The molecule has 0 N–H and O–H groups in total. The van der Waals surface area contributed by atoms with Crippen molar-refractivity contribution in [2.24, 2.45) is 5.92 Å². The Hall–Kier alpha value is -2.34. The van der Waals surface area contributed by atoms with E-state index in [4.69, 9.17) is 0 Å². The Morgan fingerprint density at radius 3 is 2.65 bits per heavy atom. The third-order valence-electron chi connectivity index (χ3n) is 5.31. The maximum Gasteiger partial charge on any atom is 0.00671 e. The van der Waals surface area contributed by atoms with Crippen molar-refractivity contribution in [3.8, 4) is 0 Å². The number of benzene rings is 2. The van der Waals surface area contributed by atoms with Crippen LogP contribution >= 0.6 is 0 Å². The van der Waals surface area contributed by atoms with Gasteiger partial charge < -0.3 is 0 Å². The monoisotopic (exact) mass is 298 g/mol. The van der Waals surface area contributed by atoms with Gasteiger partial charge in [0, 0.05) is 5.92 Å². The molecule has 2 atom stereocenters. The highest BCUT2D eigenvalue weighted by Crippen LogP contribution is 2.40. The molecule has 0 spiro atoms. The SMILES string of the molecule is Cc1ccc2c3c(cccc13)C(C)/C=C\C=C1\C=CC=C2C1C. The first kappa shape index (κ1) is 14.3. The molecule has 0 amide bonds. The van der Waals surface area contributed by atoms with Crippen LogP contribution in [0.2, 0.25) is 0 Å². The number of allylic oxidation sites excluding steroid dienone is 8. The number of rotatable bonds is 0. The molecule has 23 heavy (non-hydrogen) atoms. The third kappa shape index (κ3) is 2.21. The second-order valence-corrected chi connectivity index (χ2v) is 6.74. The number of aryl methyl sites for hydroxylation is 1. The quantitative estimate of drug-likeness (QED) is 0.532. The number of hydrogen-bond donors (Lipinski definition) is 0. The van der Waals surface area contributed by atoms with Gasteiger partial charge in [-0.1, -0.05) is 80.6 Å². The van der Waals surface area contributed by atoms with Crippen LogP contribution in [0.1, 0.15) is 36.5 Å². The van der Waals surface area contributed by atoms with Crippen LogP contribution in [-0.2, 0) is 0 Å². The second kappa shape index (κ2) is 5.38. The van der Waals surface area contributed by atoms with Gasteiger partial charge in [-0.15, -0.1) is 0 Å². The minimum absolute atomic E-state index is 0.412. The van der Waals surface area contributed by atoms with Crippen molar-refractivity contribution in [2.75, 3.05) is 0 Å². The normalized spacial score (nSPS) is 26.4. The first-order valence-electron chi connectivity index (χ1n) is 8.46. The van der Waals surface area contributed by atoms with Crippen molar-refractivity contribution in [1.29, 1.82) is 0 Å². The van der Waals surface area contributed by atoms with Gasteiger partial charge in [-0.2, -0.15) is 0 Å². The van der Waals surface area contributed by atoms with Crippen LogP contribution in [0.5, 0.6) is 0 Å². The molecule has 4 rings (SSSR count). The van der Waals surface area contributed by atoms with Crippen molar-refractivity contribution in [3.63, 3.8) is 0 Å². The summed E-state index contributed by atoms with van der Waals surface area (Å²) in [6, 6.07) is 11.3. The largest absolute Gasteiger partial charge is 0.0773 e. The highest BCUT2D eigenvalue weighted by Gasteiger charge is 2.21. The predicted octanol–water partition coefficient (Wildman–Crippen LogP) is 6.34. The Bertz CT molecular complexity index is 903. The molecule has 2 bridgehead atoms. The molecule has 0 nitrogen and oxygen atoms in total. The highest BCUT2D eigenvalue weighted by atomic mass is 14.2. The molecule has 0 aromatic heterocycles. The first-order valence-corrected chi connectivity index (χ1v) is 8.46. The fourth-order valence-corrected chi connectivity index (χ4v) is 3.89. The smallest absolute Gasteiger partial charge is 0.00671 e. The Morgan fingerprint density at radius 1 is 0.913 bits per heavy atom. The van der Waals surface area contributed by atoms with Crippen molar-refractivity contribution in [1.82, 2.24) is 0 Å². The average Bonchev–Trinajstić information content (AvgIpc) is 2.56. The summed E-state index contributed by atoms with van der Waals surface area (Å²) in [5.74, 6) is 0.840. The molecule has 0 radical (unpaired) electrons. The molecule has 2 aliphatic rings. The van der Waals surface area contributed by atoms with E-state index in [1.165, 1.54) is 38.6 Å². The summed E-state index contributed by atoms with van der Waals surface area (Å²) in [6.45, 7) is 6.82. The van der Waals surface area contributed by atoms with E-state index < -0.39 is 0 Å². The molecular formula is C23H22. The van der Waals surface area contributed by atoms with Crippen LogP contribution in [0.15, 0.2) is 72.4 Å². The molecule has 0 fully saturated rings. The van der Waals surface area contributed by atoms with Gasteiger partial charge >= 0.3 is 0 Å². The summed E-state index contributed by atoms with van der Waals surface area (Å²) in [7, 11) is 0. The van der Waals surface area contributed by atoms with Gasteiger partial charge in [-0.05, 0) is 51.5 Å². The molecule has 114 valence electrons. The van der Waals surface area contributed by atoms with Gasteiger partial charge in [0.05, 0.1) is 0 Å². The molecule has 2 aromatic rings. The molecule has 0 saturated carbocycles. The molecule has 0 saturated heterocycles. The summed E-state index contributed by atoms with van der Waals surface area (Å²) >= 11 is 0. The zero-order valence-corrected chi connectivity index (χ0v) is 14.0. The zero-order valence-electron chi connectivity index (χ0n) is 14.0. The highest BCUT2D eigenvalue weighted by molar-refractivity contribution is 5.99. The average molecular weight is 298 g/mol. The lowest BCUT2D eigenvalue weighted by Gasteiger charge is -2.25. The predicted molar refractivity (Wildman–Crippen MR) is 101 cm³/mol. The van der Waals surface area contributed by atoms with Crippen molar-refractivity contribution in [2.45, 2.75) is 26.7 Å². The van der Waals surface area contributed by atoms with E-state index in [0.717, 1.165) is 0 Å². The van der Waals surface area contributed by atoms with E-state index >= 15 is 0 Å². The minimum atomic E-state index is 0.412. The van der Waals surface area contributed by atoms with E-state index in [1.54, 1.807) is 0 Å². The molecular weight excluding hydrogens is 276 g/mol. The second-order valence-electron chi connectivity index (χ2n) is 6.74. The minimum Gasteiger partial charge on any atom is -0.0773 e. The Balaban J connectivity index is 2.15. The van der Waals surface area contributed by atoms with Gasteiger partial charge in [-0.25, -0.2) is 0 Å². The Kier molecular flexibility index (Phi) is 3.34. The lowest BCUT2D eigenvalue weighted by atomic mass is 9.79. The summed E-state index contributed by atoms with van der Waals surface area (Å²) in [4.78, 5) is 0. The van der Waals surface area contributed by atoms with E-state index in [0.29, 0.717) is 11.8 Å². The standard InChI is InChI=1S/C23H22/c1-15-7-4-8-18-9-5-12-21(17(18)3)22-14-13-16(2)20-11-6-10-19(15)23(20)22/h4-15,17H,1-3H3/b7-4-,18-8-. The van der Waals surface area contributed by atoms with Crippen LogP contribution in [0.25, 0.3) is 16.3 Å². The molecule has 0 heteroatoms. The van der Waals surface area contributed by atoms with E-state index in [1.807, 2.05) is 0 Å². The topological polar surface area (TPSA) is 0 Å². The van der Waals surface area contributed by atoms with Crippen LogP contribution in [0.3, 0.4) is 0 Å². The Morgan fingerprint density at radius 2 is 1.78 bits per heavy atom. The van der Waals surface area contributed by atoms with E-state index in [-0.39, 0.29) is 0 Å². The van der Waals surface area contributed by atoms with Gasteiger partial charge in [-0.3, -0.25) is 0 Å². The number of fused-ring (bicyclic) bond motifs is 3. The molecule has 0 heterocycles. The number of hydrogen-bond acceptors (Lipinski definition) is 0. The van der Waals surface area contributed by atoms with Gasteiger partial charge in [0.25, 0.3) is 0 Å². The molecule has 2 aromatic carbocycles. The van der Waals surface area contributed by atoms with Crippen LogP contribution in [-0.4, -0.2) is 0 Å². The first-order chi connectivity index (χ1) is 11.2. The molecule has 2 unspecified atom stereocenters. The van der Waals surface area contributed by atoms with Gasteiger partial charge in [0.1, 0.15) is 0 Å². The Labute approximate surface area is 138 Å². The van der Waals surface area contributed by atoms with Crippen LogP contribution < -0.4 is 0 Å². The summed E-state index contributed by atoms with van der Waals surface area (Å²) in [6.07, 6.45) is 13.5. The maximum absolute atomic E-state index is 2.32. The summed E-state index contributed by atoms with van der Waals surface area (Å²) in [5.41, 5.74) is 7.00. The molecule has 2 aliphatic carbocycles. The van der Waals surface area contributed by atoms with Crippen molar-refractivity contribution < 1.29 is 0 Å².